The molecule has 0 N–H and O–H groups in total. The van der Waals surface area contributed by atoms with E-state index in [0.29, 0.717) is 19.4 Å². The lowest BCUT2D eigenvalue weighted by molar-refractivity contribution is -0.305. The number of pyridine rings is 1. The van der Waals surface area contributed by atoms with Crippen molar-refractivity contribution in [3.63, 3.8) is 0 Å². The van der Waals surface area contributed by atoms with E-state index in [1.165, 1.54) is 0 Å². The lowest BCUT2D eigenvalue weighted by Gasteiger charge is -2.05. The number of unbranched alkanes of at least 4 members (excludes halogenated alkanes) is 1. The van der Waals surface area contributed by atoms with E-state index in [4.69, 9.17) is 4.84 Å². The van der Waals surface area contributed by atoms with Crippen LogP contribution in [0.5, 0.6) is 0 Å². The molecule has 2 aromatic heterocycles. The number of oxime groups is 1. The van der Waals surface area contributed by atoms with Crippen LogP contribution in [0, 0.1) is 0 Å². The Bertz CT molecular complexity index is 582. The fraction of sp³-hybridized carbons (Fsp3) is 0.267. The molecule has 0 aliphatic carbocycles. The predicted octanol–water partition coefficient (Wildman–Crippen LogP) is 1.83. The molecule has 0 spiro atoms. The highest BCUT2D eigenvalue weighted by Gasteiger charge is 2.08. The maximum atomic E-state index is 10.3. The SMILES string of the molecule is O=C([O-])CCCCO/N=C(/c1cccnc1)c1ccsc1. The van der Waals surface area contributed by atoms with E-state index < -0.39 is 5.97 Å². The van der Waals surface area contributed by atoms with Crippen molar-refractivity contribution in [3.05, 3.63) is 52.5 Å². The summed E-state index contributed by atoms with van der Waals surface area (Å²) in [6.45, 7) is 0.376. The quantitative estimate of drug-likeness (QED) is 0.423. The van der Waals surface area contributed by atoms with Gasteiger partial charge in [0, 0.05) is 34.9 Å². The first kappa shape index (κ1) is 15.2. The van der Waals surface area contributed by atoms with Gasteiger partial charge in [0.25, 0.3) is 0 Å². The van der Waals surface area contributed by atoms with Crippen LogP contribution in [0.3, 0.4) is 0 Å². The average Bonchev–Trinajstić information content (AvgIpc) is 3.01. The van der Waals surface area contributed by atoms with Crippen molar-refractivity contribution in [2.45, 2.75) is 19.3 Å². The number of carboxylic acids is 1. The van der Waals surface area contributed by atoms with Crippen LogP contribution in [-0.2, 0) is 9.63 Å². The van der Waals surface area contributed by atoms with Crippen molar-refractivity contribution in [3.8, 4) is 0 Å². The number of thiophene rings is 1. The summed E-state index contributed by atoms with van der Waals surface area (Å²) in [4.78, 5) is 19.7. The van der Waals surface area contributed by atoms with Crippen LogP contribution in [0.15, 0.2) is 46.5 Å². The van der Waals surface area contributed by atoms with Gasteiger partial charge in [-0.1, -0.05) is 5.16 Å². The highest BCUT2D eigenvalue weighted by atomic mass is 32.1. The third-order valence-electron chi connectivity index (χ3n) is 2.75. The molecule has 2 heterocycles. The molecule has 0 aromatic carbocycles. The molecular weight excluding hydrogens is 288 g/mol. The number of rotatable bonds is 8. The second kappa shape index (κ2) is 8.16. The number of hydrogen-bond acceptors (Lipinski definition) is 6. The molecule has 0 atom stereocenters. The summed E-state index contributed by atoms with van der Waals surface area (Å²) in [5.41, 5.74) is 2.58. The zero-order chi connectivity index (χ0) is 14.9. The van der Waals surface area contributed by atoms with Crippen LogP contribution >= 0.6 is 11.3 Å². The fourth-order valence-corrected chi connectivity index (χ4v) is 2.36. The summed E-state index contributed by atoms with van der Waals surface area (Å²) in [5.74, 6) is -1.03. The molecule has 2 aromatic rings. The molecule has 5 nitrogen and oxygen atoms in total. The first-order valence-electron chi connectivity index (χ1n) is 6.60. The fourth-order valence-electron chi connectivity index (χ4n) is 1.72. The molecule has 0 saturated carbocycles. The van der Waals surface area contributed by atoms with Crippen LogP contribution in [0.2, 0.25) is 0 Å². The van der Waals surface area contributed by atoms with E-state index in [0.717, 1.165) is 16.8 Å². The van der Waals surface area contributed by atoms with Crippen molar-refractivity contribution in [2.75, 3.05) is 6.61 Å². The normalized spacial score (nSPS) is 11.3. The van der Waals surface area contributed by atoms with Crippen molar-refractivity contribution in [1.82, 2.24) is 4.98 Å². The van der Waals surface area contributed by atoms with Gasteiger partial charge in [0.05, 0.1) is 0 Å². The second-order valence-electron chi connectivity index (χ2n) is 4.36. The van der Waals surface area contributed by atoms with Crippen LogP contribution in [0.4, 0.5) is 0 Å². The second-order valence-corrected chi connectivity index (χ2v) is 5.14. The van der Waals surface area contributed by atoms with E-state index in [9.17, 15) is 9.90 Å². The Morgan fingerprint density at radius 3 is 2.90 bits per heavy atom. The Labute approximate surface area is 126 Å². The molecule has 0 aliphatic rings. The summed E-state index contributed by atoms with van der Waals surface area (Å²) in [6.07, 6.45) is 4.64. The summed E-state index contributed by atoms with van der Waals surface area (Å²) in [5, 5.41) is 18.4. The first-order valence-corrected chi connectivity index (χ1v) is 7.54. The third kappa shape index (κ3) is 5.00. The van der Waals surface area contributed by atoms with Crippen molar-refractivity contribution >= 4 is 23.0 Å². The van der Waals surface area contributed by atoms with Crippen LogP contribution in [-0.4, -0.2) is 23.3 Å². The summed E-state index contributed by atoms with van der Waals surface area (Å²) < 4.78 is 0. The zero-order valence-corrected chi connectivity index (χ0v) is 12.2. The van der Waals surface area contributed by atoms with Crippen molar-refractivity contribution < 1.29 is 14.7 Å². The molecule has 0 unspecified atom stereocenters. The molecular formula is C15H15N2O3S-. The summed E-state index contributed by atoms with van der Waals surface area (Å²) in [7, 11) is 0. The van der Waals surface area contributed by atoms with E-state index in [2.05, 4.69) is 10.1 Å². The van der Waals surface area contributed by atoms with Gasteiger partial charge in [-0.2, -0.15) is 11.3 Å². The van der Waals surface area contributed by atoms with Gasteiger partial charge in [-0.05, 0) is 42.8 Å². The molecule has 2 rings (SSSR count). The first-order chi connectivity index (χ1) is 10.3. The molecule has 0 saturated heterocycles. The number of nitrogens with zero attached hydrogens (tertiary/aromatic N) is 2. The lowest BCUT2D eigenvalue weighted by Crippen LogP contribution is -2.21. The van der Waals surface area contributed by atoms with Crippen LogP contribution in [0.25, 0.3) is 0 Å². The molecule has 110 valence electrons. The maximum absolute atomic E-state index is 10.3. The lowest BCUT2D eigenvalue weighted by atomic mass is 10.1. The summed E-state index contributed by atoms with van der Waals surface area (Å²) in [6, 6.07) is 5.73. The summed E-state index contributed by atoms with van der Waals surface area (Å²) >= 11 is 1.58. The number of hydrogen-bond donors (Lipinski definition) is 0. The van der Waals surface area contributed by atoms with Gasteiger partial charge >= 0.3 is 0 Å². The Morgan fingerprint density at radius 2 is 2.24 bits per heavy atom. The molecule has 0 aliphatic heterocycles. The predicted molar refractivity (Wildman–Crippen MR) is 79.0 cm³/mol. The van der Waals surface area contributed by atoms with Gasteiger partial charge in [0.2, 0.25) is 0 Å². The van der Waals surface area contributed by atoms with E-state index in [1.54, 1.807) is 23.7 Å². The molecule has 0 amide bonds. The third-order valence-corrected chi connectivity index (χ3v) is 3.44. The van der Waals surface area contributed by atoms with Gasteiger partial charge in [-0.15, -0.1) is 0 Å². The number of carbonyl (C=O) groups excluding carboxylic acids is 1. The van der Waals surface area contributed by atoms with Crippen LogP contribution < -0.4 is 5.11 Å². The Kier molecular flexibility index (Phi) is 5.90. The van der Waals surface area contributed by atoms with Gasteiger partial charge in [0.1, 0.15) is 12.3 Å². The molecule has 6 heteroatoms. The van der Waals surface area contributed by atoms with E-state index >= 15 is 0 Å². The number of aromatic nitrogens is 1. The van der Waals surface area contributed by atoms with Gasteiger partial charge in [-0.25, -0.2) is 0 Å². The number of carboxylic acid groups (broad SMARTS) is 1. The minimum absolute atomic E-state index is 0.0487. The largest absolute Gasteiger partial charge is 0.550 e. The molecule has 0 bridgehead atoms. The van der Waals surface area contributed by atoms with E-state index in [1.807, 2.05) is 29.0 Å². The highest BCUT2D eigenvalue weighted by Crippen LogP contribution is 2.14. The van der Waals surface area contributed by atoms with Crippen molar-refractivity contribution in [1.29, 1.82) is 0 Å². The Balaban J connectivity index is 1.97. The van der Waals surface area contributed by atoms with Crippen molar-refractivity contribution in [2.24, 2.45) is 5.16 Å². The number of carbonyl (C=O) groups is 1. The molecule has 0 fully saturated rings. The zero-order valence-electron chi connectivity index (χ0n) is 11.4. The van der Waals surface area contributed by atoms with E-state index in [-0.39, 0.29) is 6.42 Å². The van der Waals surface area contributed by atoms with Crippen LogP contribution in [0.1, 0.15) is 30.4 Å². The molecule has 0 radical (unpaired) electrons. The number of aliphatic carboxylic acids is 1. The monoisotopic (exact) mass is 303 g/mol. The maximum Gasteiger partial charge on any atom is 0.119 e. The molecule has 21 heavy (non-hydrogen) atoms. The topological polar surface area (TPSA) is 74.6 Å². The van der Waals surface area contributed by atoms with Gasteiger partial charge in [-0.3, -0.25) is 4.98 Å². The Hall–Kier alpha value is -2.21. The van der Waals surface area contributed by atoms with Gasteiger partial charge < -0.3 is 14.7 Å². The Morgan fingerprint density at radius 1 is 1.33 bits per heavy atom. The average molecular weight is 303 g/mol. The standard InChI is InChI=1S/C15H16N2O3S/c18-14(19)5-1-2-8-20-17-15(13-6-9-21-11-13)12-4-3-7-16-10-12/h3-4,6-7,9-11H,1-2,5,8H2,(H,18,19)/p-1/b17-15-. The minimum atomic E-state index is -1.03. The van der Waals surface area contributed by atoms with Gasteiger partial charge in [0.15, 0.2) is 0 Å². The smallest absolute Gasteiger partial charge is 0.119 e. The highest BCUT2D eigenvalue weighted by molar-refractivity contribution is 7.08. The minimum Gasteiger partial charge on any atom is -0.550 e.